The van der Waals surface area contributed by atoms with Crippen molar-refractivity contribution in [3.05, 3.63) is 18.2 Å². The van der Waals surface area contributed by atoms with Crippen LogP contribution in [0.3, 0.4) is 0 Å². The number of nitrogens with one attached hydrogen (secondary N) is 1. The first-order valence-electron chi connectivity index (χ1n) is 6.13. The Morgan fingerprint density at radius 1 is 1.24 bits per heavy atom. The Bertz CT molecular complexity index is 391. The first-order valence-corrected chi connectivity index (χ1v) is 7.28. The van der Waals surface area contributed by atoms with Crippen LogP contribution in [0, 0.1) is 5.92 Å². The van der Waals surface area contributed by atoms with Crippen LogP contribution in [0.5, 0.6) is 11.5 Å². The van der Waals surface area contributed by atoms with Crippen molar-refractivity contribution in [2.75, 3.05) is 36.6 Å². The molecule has 92 valence electrons. The minimum absolute atomic E-state index is 0.649. The normalized spacial score (nSPS) is 22.5. The van der Waals surface area contributed by atoms with Crippen molar-refractivity contribution in [2.45, 2.75) is 6.42 Å². The predicted octanol–water partition coefficient (Wildman–Crippen LogP) is 2.62. The van der Waals surface area contributed by atoms with Gasteiger partial charge in [0.05, 0.1) is 0 Å². The van der Waals surface area contributed by atoms with Gasteiger partial charge in [-0.25, -0.2) is 0 Å². The summed E-state index contributed by atoms with van der Waals surface area (Å²) in [5, 5.41) is 3.49. The molecule has 0 amide bonds. The zero-order chi connectivity index (χ0) is 11.5. The predicted molar refractivity (Wildman–Crippen MR) is 71.4 cm³/mol. The minimum Gasteiger partial charge on any atom is -0.486 e. The standard InChI is InChI=1S/C13H17NO2S/c1-2-12-13(16-5-4-15-12)7-11(1)14-8-10-3-6-17-9-10/h1-2,7,10,14H,3-6,8-9H2. The van der Waals surface area contributed by atoms with Crippen molar-refractivity contribution < 1.29 is 9.47 Å². The maximum atomic E-state index is 5.57. The van der Waals surface area contributed by atoms with Crippen LogP contribution in [0.15, 0.2) is 18.2 Å². The van der Waals surface area contributed by atoms with E-state index < -0.39 is 0 Å². The molecular weight excluding hydrogens is 234 g/mol. The lowest BCUT2D eigenvalue weighted by Crippen LogP contribution is -2.16. The third-order valence-corrected chi connectivity index (χ3v) is 4.39. The Balaban J connectivity index is 1.62. The Kier molecular flexibility index (Phi) is 3.31. The molecule has 17 heavy (non-hydrogen) atoms. The highest BCUT2D eigenvalue weighted by Crippen LogP contribution is 2.33. The second-order valence-corrected chi connectivity index (χ2v) is 5.62. The van der Waals surface area contributed by atoms with Crippen LogP contribution in [0.2, 0.25) is 0 Å². The summed E-state index contributed by atoms with van der Waals surface area (Å²) in [5.74, 6) is 5.14. The molecule has 0 spiro atoms. The van der Waals surface area contributed by atoms with Gasteiger partial charge in [0.1, 0.15) is 13.2 Å². The molecule has 1 aromatic carbocycles. The number of hydrogen-bond acceptors (Lipinski definition) is 4. The molecule has 0 saturated carbocycles. The largest absolute Gasteiger partial charge is 0.486 e. The molecule has 0 aromatic heterocycles. The molecule has 2 aliphatic heterocycles. The monoisotopic (exact) mass is 251 g/mol. The summed E-state index contributed by atoms with van der Waals surface area (Å²) in [7, 11) is 0. The van der Waals surface area contributed by atoms with E-state index in [1.165, 1.54) is 17.9 Å². The molecule has 1 fully saturated rings. The van der Waals surface area contributed by atoms with E-state index in [4.69, 9.17) is 9.47 Å². The van der Waals surface area contributed by atoms with Crippen LogP contribution in [-0.4, -0.2) is 31.3 Å². The van der Waals surface area contributed by atoms with E-state index >= 15 is 0 Å². The lowest BCUT2D eigenvalue weighted by molar-refractivity contribution is 0.171. The highest BCUT2D eigenvalue weighted by Gasteiger charge is 2.16. The molecule has 2 heterocycles. The van der Waals surface area contributed by atoms with Crippen LogP contribution in [-0.2, 0) is 0 Å². The van der Waals surface area contributed by atoms with Crippen LogP contribution in [0.1, 0.15) is 6.42 Å². The molecule has 1 atom stereocenters. The van der Waals surface area contributed by atoms with Gasteiger partial charge in [0.25, 0.3) is 0 Å². The summed E-state index contributed by atoms with van der Waals surface area (Å²) in [6, 6.07) is 6.09. The molecule has 2 aliphatic rings. The number of benzene rings is 1. The van der Waals surface area contributed by atoms with Crippen molar-refractivity contribution in [1.82, 2.24) is 0 Å². The van der Waals surface area contributed by atoms with E-state index in [1.807, 2.05) is 12.1 Å². The van der Waals surface area contributed by atoms with Crippen molar-refractivity contribution in [2.24, 2.45) is 5.92 Å². The molecular formula is C13H17NO2S. The zero-order valence-electron chi connectivity index (χ0n) is 9.78. The van der Waals surface area contributed by atoms with Crippen molar-refractivity contribution >= 4 is 17.4 Å². The number of thioether (sulfide) groups is 1. The average Bonchev–Trinajstić information content (AvgIpc) is 2.89. The van der Waals surface area contributed by atoms with E-state index in [0.29, 0.717) is 13.2 Å². The van der Waals surface area contributed by atoms with Gasteiger partial charge in [0.2, 0.25) is 0 Å². The van der Waals surface area contributed by atoms with Gasteiger partial charge in [-0.2, -0.15) is 11.8 Å². The molecule has 0 bridgehead atoms. The Morgan fingerprint density at radius 2 is 2.12 bits per heavy atom. The highest BCUT2D eigenvalue weighted by molar-refractivity contribution is 7.99. The Morgan fingerprint density at radius 3 is 2.94 bits per heavy atom. The van der Waals surface area contributed by atoms with Gasteiger partial charge in [0.15, 0.2) is 11.5 Å². The van der Waals surface area contributed by atoms with Gasteiger partial charge >= 0.3 is 0 Å². The lowest BCUT2D eigenvalue weighted by atomic mass is 10.1. The second kappa shape index (κ2) is 5.08. The lowest BCUT2D eigenvalue weighted by Gasteiger charge is -2.19. The summed E-state index contributed by atoms with van der Waals surface area (Å²) in [6.45, 7) is 2.36. The van der Waals surface area contributed by atoms with Crippen LogP contribution < -0.4 is 14.8 Å². The molecule has 1 saturated heterocycles. The van der Waals surface area contributed by atoms with Crippen molar-refractivity contribution in [1.29, 1.82) is 0 Å². The Hall–Kier alpha value is -1.03. The number of hydrogen-bond donors (Lipinski definition) is 1. The number of rotatable bonds is 3. The fourth-order valence-corrected chi connectivity index (χ4v) is 3.44. The molecule has 1 unspecified atom stereocenters. The molecule has 3 rings (SSSR count). The fourth-order valence-electron chi connectivity index (χ4n) is 2.16. The number of ether oxygens (including phenoxy) is 2. The summed E-state index contributed by atoms with van der Waals surface area (Å²) in [6.07, 6.45) is 1.34. The quantitative estimate of drug-likeness (QED) is 0.894. The van der Waals surface area contributed by atoms with E-state index in [2.05, 4.69) is 23.1 Å². The fraction of sp³-hybridized carbons (Fsp3) is 0.538. The van der Waals surface area contributed by atoms with Crippen molar-refractivity contribution in [3.8, 4) is 11.5 Å². The van der Waals surface area contributed by atoms with E-state index in [1.54, 1.807) is 0 Å². The molecule has 3 nitrogen and oxygen atoms in total. The van der Waals surface area contributed by atoms with Gasteiger partial charge in [-0.05, 0) is 36.0 Å². The molecule has 0 aliphatic carbocycles. The molecule has 1 N–H and O–H groups in total. The van der Waals surface area contributed by atoms with E-state index in [-0.39, 0.29) is 0 Å². The van der Waals surface area contributed by atoms with E-state index in [9.17, 15) is 0 Å². The average molecular weight is 251 g/mol. The first-order chi connectivity index (χ1) is 8.42. The third-order valence-electron chi connectivity index (χ3n) is 3.16. The van der Waals surface area contributed by atoms with E-state index in [0.717, 1.165) is 29.6 Å². The van der Waals surface area contributed by atoms with Gasteiger partial charge in [0, 0.05) is 18.3 Å². The topological polar surface area (TPSA) is 30.5 Å². The van der Waals surface area contributed by atoms with Crippen LogP contribution in [0.4, 0.5) is 5.69 Å². The molecule has 1 aromatic rings. The summed E-state index contributed by atoms with van der Waals surface area (Å²) >= 11 is 2.06. The van der Waals surface area contributed by atoms with Crippen molar-refractivity contribution in [3.63, 3.8) is 0 Å². The summed E-state index contributed by atoms with van der Waals surface area (Å²) in [4.78, 5) is 0. The smallest absolute Gasteiger partial charge is 0.163 e. The van der Waals surface area contributed by atoms with Gasteiger partial charge in [-0.1, -0.05) is 0 Å². The molecule has 0 radical (unpaired) electrons. The van der Waals surface area contributed by atoms with Gasteiger partial charge in [-0.15, -0.1) is 0 Å². The molecule has 4 heteroatoms. The summed E-state index contributed by atoms with van der Waals surface area (Å²) < 4.78 is 11.1. The third kappa shape index (κ3) is 2.63. The SMILES string of the molecule is c1cc2c(cc1NCC1CCSC1)OCCO2. The first kappa shape index (κ1) is 11.1. The van der Waals surface area contributed by atoms with Crippen LogP contribution in [0.25, 0.3) is 0 Å². The van der Waals surface area contributed by atoms with Crippen LogP contribution >= 0.6 is 11.8 Å². The van der Waals surface area contributed by atoms with Gasteiger partial charge < -0.3 is 14.8 Å². The number of anilines is 1. The van der Waals surface area contributed by atoms with Gasteiger partial charge in [-0.3, -0.25) is 0 Å². The summed E-state index contributed by atoms with van der Waals surface area (Å²) in [5.41, 5.74) is 1.13. The second-order valence-electron chi connectivity index (χ2n) is 4.47. The maximum Gasteiger partial charge on any atom is 0.163 e. The highest BCUT2D eigenvalue weighted by atomic mass is 32.2. The Labute approximate surface area is 106 Å². The number of fused-ring (bicyclic) bond motifs is 1. The minimum atomic E-state index is 0.649. The zero-order valence-corrected chi connectivity index (χ0v) is 10.6. The maximum absolute atomic E-state index is 5.57.